The molecule has 0 unspecified atom stereocenters. The normalized spacial score (nSPS) is 10.8. The third kappa shape index (κ3) is 3.92. The number of methoxy groups -OCH3 is 2. The molecule has 3 aromatic carbocycles. The average molecular weight is 443 g/mol. The molecule has 1 heterocycles. The number of hydrogen-bond donors (Lipinski definition) is 1. The van der Waals surface area contributed by atoms with Crippen LogP contribution in [0.3, 0.4) is 0 Å². The van der Waals surface area contributed by atoms with Gasteiger partial charge in [0.25, 0.3) is 5.91 Å². The summed E-state index contributed by atoms with van der Waals surface area (Å²) in [5.41, 5.74) is 2.71. The highest BCUT2D eigenvalue weighted by Gasteiger charge is 2.14. The fraction of sp³-hybridized carbons (Fsp3) is 0.0909. The Morgan fingerprint density at radius 1 is 1.00 bits per heavy atom. The predicted molar refractivity (Wildman–Crippen MR) is 117 cm³/mol. The van der Waals surface area contributed by atoms with E-state index in [9.17, 15) is 4.79 Å². The van der Waals surface area contributed by atoms with Crippen LogP contribution in [0.5, 0.6) is 11.5 Å². The van der Waals surface area contributed by atoms with E-state index in [0.717, 1.165) is 0 Å². The molecule has 1 aromatic heterocycles. The molecule has 0 radical (unpaired) electrons. The lowest BCUT2D eigenvalue weighted by molar-refractivity contribution is 0.102. The van der Waals surface area contributed by atoms with E-state index in [2.05, 4.69) is 10.3 Å². The van der Waals surface area contributed by atoms with E-state index in [4.69, 9.17) is 37.1 Å². The Kier molecular flexibility index (Phi) is 5.53. The number of benzene rings is 3. The first-order valence-corrected chi connectivity index (χ1v) is 9.63. The second-order valence-electron chi connectivity index (χ2n) is 6.36. The van der Waals surface area contributed by atoms with Gasteiger partial charge >= 0.3 is 0 Å². The van der Waals surface area contributed by atoms with Crippen LogP contribution >= 0.6 is 23.2 Å². The number of carbonyl (C=O) groups is 1. The third-order valence-corrected chi connectivity index (χ3v) is 4.92. The lowest BCUT2D eigenvalue weighted by atomic mass is 10.1. The smallest absolute Gasteiger partial charge is 0.255 e. The number of nitrogens with zero attached hydrogens (tertiary/aromatic N) is 1. The number of ether oxygens (including phenoxy) is 2. The Labute approximate surface area is 182 Å². The molecule has 0 atom stereocenters. The van der Waals surface area contributed by atoms with E-state index in [1.54, 1.807) is 48.5 Å². The van der Waals surface area contributed by atoms with Gasteiger partial charge in [0.05, 0.1) is 19.2 Å². The molecule has 8 heteroatoms. The van der Waals surface area contributed by atoms with Crippen molar-refractivity contribution in [3.05, 3.63) is 70.2 Å². The fourth-order valence-electron chi connectivity index (χ4n) is 2.99. The minimum Gasteiger partial charge on any atom is -0.493 e. The lowest BCUT2D eigenvalue weighted by Crippen LogP contribution is -2.12. The molecule has 0 aliphatic carbocycles. The summed E-state index contributed by atoms with van der Waals surface area (Å²) in [6.45, 7) is 0. The van der Waals surface area contributed by atoms with Crippen molar-refractivity contribution in [2.45, 2.75) is 0 Å². The number of amides is 1. The van der Waals surface area contributed by atoms with Crippen LogP contribution in [0.25, 0.3) is 22.6 Å². The number of carbonyl (C=O) groups excluding carboxylic acids is 1. The van der Waals surface area contributed by atoms with Crippen LogP contribution in [0, 0.1) is 0 Å². The number of aromatic nitrogens is 1. The molecule has 6 nitrogen and oxygen atoms in total. The van der Waals surface area contributed by atoms with Crippen LogP contribution < -0.4 is 14.8 Å². The Hall–Kier alpha value is -3.22. The van der Waals surface area contributed by atoms with Gasteiger partial charge in [-0.05, 0) is 48.5 Å². The SMILES string of the molecule is COc1ccc(C(=O)Nc2cccc(-c3nc4cc(Cl)cc(Cl)c4o3)c2)cc1OC. The summed E-state index contributed by atoms with van der Waals surface area (Å²) < 4.78 is 16.3. The van der Waals surface area contributed by atoms with Gasteiger partial charge in [-0.2, -0.15) is 0 Å². The predicted octanol–water partition coefficient (Wildman–Crippen LogP) is 6.07. The summed E-state index contributed by atoms with van der Waals surface area (Å²) in [6.07, 6.45) is 0. The Morgan fingerprint density at radius 3 is 2.57 bits per heavy atom. The zero-order valence-electron chi connectivity index (χ0n) is 16.0. The number of rotatable bonds is 5. The molecule has 0 aliphatic rings. The molecule has 0 bridgehead atoms. The van der Waals surface area contributed by atoms with Gasteiger partial charge in [-0.1, -0.05) is 29.3 Å². The van der Waals surface area contributed by atoms with Crippen molar-refractivity contribution in [2.24, 2.45) is 0 Å². The van der Waals surface area contributed by atoms with Crippen LogP contribution in [-0.4, -0.2) is 25.1 Å². The highest BCUT2D eigenvalue weighted by molar-refractivity contribution is 6.38. The van der Waals surface area contributed by atoms with Crippen LogP contribution in [0.1, 0.15) is 10.4 Å². The maximum absolute atomic E-state index is 12.7. The van der Waals surface area contributed by atoms with Crippen molar-refractivity contribution >= 4 is 45.9 Å². The first-order valence-electron chi connectivity index (χ1n) is 8.88. The van der Waals surface area contributed by atoms with Gasteiger partial charge in [0.1, 0.15) is 5.52 Å². The molecule has 1 amide bonds. The molecule has 0 saturated carbocycles. The minimum atomic E-state index is -0.291. The van der Waals surface area contributed by atoms with Gasteiger partial charge in [-0.25, -0.2) is 4.98 Å². The molecular formula is C22H16Cl2N2O4. The van der Waals surface area contributed by atoms with Crippen molar-refractivity contribution in [2.75, 3.05) is 19.5 Å². The minimum absolute atomic E-state index is 0.291. The van der Waals surface area contributed by atoms with E-state index in [1.165, 1.54) is 14.2 Å². The second-order valence-corrected chi connectivity index (χ2v) is 7.20. The van der Waals surface area contributed by atoms with Gasteiger partial charge in [-0.15, -0.1) is 0 Å². The topological polar surface area (TPSA) is 73.6 Å². The number of hydrogen-bond acceptors (Lipinski definition) is 5. The first kappa shape index (κ1) is 20.1. The van der Waals surface area contributed by atoms with Crippen molar-refractivity contribution < 1.29 is 18.7 Å². The lowest BCUT2D eigenvalue weighted by Gasteiger charge is -2.10. The number of halogens is 2. The molecule has 30 heavy (non-hydrogen) atoms. The van der Waals surface area contributed by atoms with Gasteiger partial charge in [0.15, 0.2) is 17.1 Å². The molecule has 0 spiro atoms. The zero-order chi connectivity index (χ0) is 21.3. The van der Waals surface area contributed by atoms with E-state index in [0.29, 0.717) is 55.3 Å². The van der Waals surface area contributed by atoms with Gasteiger partial charge in [0.2, 0.25) is 5.89 Å². The largest absolute Gasteiger partial charge is 0.493 e. The van der Waals surface area contributed by atoms with E-state index in [-0.39, 0.29) is 5.91 Å². The summed E-state index contributed by atoms with van der Waals surface area (Å²) >= 11 is 12.2. The first-order chi connectivity index (χ1) is 14.5. The fourth-order valence-corrected chi connectivity index (χ4v) is 3.52. The summed E-state index contributed by atoms with van der Waals surface area (Å²) in [7, 11) is 3.05. The second kappa shape index (κ2) is 8.26. The third-order valence-electron chi connectivity index (χ3n) is 4.42. The molecule has 0 fully saturated rings. The zero-order valence-corrected chi connectivity index (χ0v) is 17.5. The molecule has 0 aliphatic heterocycles. The van der Waals surface area contributed by atoms with Crippen molar-refractivity contribution in [1.82, 2.24) is 4.98 Å². The van der Waals surface area contributed by atoms with Gasteiger partial charge < -0.3 is 19.2 Å². The molecule has 0 saturated heterocycles. The standard InChI is InChI=1S/C22H16Cl2N2O4/c1-28-18-7-6-12(9-19(18)29-2)21(27)25-15-5-3-4-13(8-15)22-26-17-11-14(23)10-16(24)20(17)30-22/h3-11H,1-2H3,(H,25,27). The summed E-state index contributed by atoms with van der Waals surface area (Å²) in [5.74, 6) is 1.10. The van der Waals surface area contributed by atoms with Gasteiger partial charge in [0, 0.05) is 21.8 Å². The number of nitrogens with one attached hydrogen (secondary N) is 1. The van der Waals surface area contributed by atoms with E-state index < -0.39 is 0 Å². The van der Waals surface area contributed by atoms with Gasteiger partial charge in [-0.3, -0.25) is 4.79 Å². The maximum atomic E-state index is 12.7. The highest BCUT2D eigenvalue weighted by Crippen LogP contribution is 2.33. The van der Waals surface area contributed by atoms with Crippen LogP contribution in [0.4, 0.5) is 5.69 Å². The Balaban J connectivity index is 1.61. The number of oxazole rings is 1. The molecule has 4 aromatic rings. The Bertz CT molecular complexity index is 1250. The van der Waals surface area contributed by atoms with Crippen LogP contribution in [0.2, 0.25) is 10.0 Å². The monoisotopic (exact) mass is 442 g/mol. The summed E-state index contributed by atoms with van der Waals surface area (Å²) in [4.78, 5) is 17.1. The molecule has 152 valence electrons. The molecule has 1 N–H and O–H groups in total. The maximum Gasteiger partial charge on any atom is 0.255 e. The molecular weight excluding hydrogens is 427 g/mol. The molecule has 4 rings (SSSR count). The summed E-state index contributed by atoms with van der Waals surface area (Å²) in [5, 5.41) is 3.72. The van der Waals surface area contributed by atoms with Crippen molar-refractivity contribution in [1.29, 1.82) is 0 Å². The number of anilines is 1. The van der Waals surface area contributed by atoms with E-state index in [1.807, 2.05) is 6.07 Å². The van der Waals surface area contributed by atoms with E-state index >= 15 is 0 Å². The van der Waals surface area contributed by atoms with Crippen molar-refractivity contribution in [3.63, 3.8) is 0 Å². The quantitative estimate of drug-likeness (QED) is 0.405. The van der Waals surface area contributed by atoms with Crippen molar-refractivity contribution in [3.8, 4) is 23.0 Å². The number of fused-ring (bicyclic) bond motifs is 1. The highest BCUT2D eigenvalue weighted by atomic mass is 35.5. The Morgan fingerprint density at radius 2 is 1.80 bits per heavy atom. The average Bonchev–Trinajstić information content (AvgIpc) is 3.18. The summed E-state index contributed by atoms with van der Waals surface area (Å²) in [6, 6.07) is 15.4. The van der Waals surface area contributed by atoms with Crippen LogP contribution in [0.15, 0.2) is 59.0 Å². The van der Waals surface area contributed by atoms with Crippen LogP contribution in [-0.2, 0) is 0 Å².